The summed E-state index contributed by atoms with van der Waals surface area (Å²) in [6, 6.07) is 2.17. The zero-order valence-electron chi connectivity index (χ0n) is 24.4. The second-order valence-electron chi connectivity index (χ2n) is 15.0. The van der Waals surface area contributed by atoms with Crippen molar-refractivity contribution in [2.45, 2.75) is 93.4 Å². The van der Waals surface area contributed by atoms with Crippen LogP contribution in [0, 0.1) is 61.6 Å². The molecule has 3 fully saturated rings. The number of rotatable bonds is 2. The lowest BCUT2D eigenvalue weighted by atomic mass is 9.34. The van der Waals surface area contributed by atoms with E-state index in [0.29, 0.717) is 0 Å². The summed E-state index contributed by atoms with van der Waals surface area (Å²) in [4.78, 5) is 46.3. The summed E-state index contributed by atoms with van der Waals surface area (Å²) in [6.45, 7) is 15.2. The van der Waals surface area contributed by atoms with Gasteiger partial charge in [-0.05, 0) is 79.1 Å². The van der Waals surface area contributed by atoms with Gasteiger partial charge < -0.3 is 0 Å². The molecule has 206 valence electrons. The van der Waals surface area contributed by atoms with Crippen molar-refractivity contribution in [1.29, 1.82) is 5.26 Å². The third-order valence-electron chi connectivity index (χ3n) is 12.5. The predicted molar refractivity (Wildman–Crippen MR) is 144 cm³/mol. The van der Waals surface area contributed by atoms with Gasteiger partial charge in [0.15, 0.2) is 11.6 Å². The Morgan fingerprint density at radius 1 is 1.03 bits per heavy atom. The number of amides is 1. The van der Waals surface area contributed by atoms with Gasteiger partial charge in [-0.3, -0.25) is 19.2 Å². The Morgan fingerprint density at radius 3 is 2.32 bits per heavy atom. The maximum atomic E-state index is 14.4. The Labute approximate surface area is 227 Å². The minimum Gasteiger partial charge on any atom is -0.295 e. The second kappa shape index (κ2) is 8.13. The van der Waals surface area contributed by atoms with Gasteiger partial charge in [0.25, 0.3) is 0 Å². The van der Waals surface area contributed by atoms with Crippen LogP contribution >= 0.6 is 0 Å². The summed E-state index contributed by atoms with van der Waals surface area (Å²) in [6.07, 6.45) is 9.57. The average Bonchev–Trinajstić information content (AvgIpc) is 2.82. The number of allylic oxidation sites excluding steroid dienone is 4. The summed E-state index contributed by atoms with van der Waals surface area (Å²) in [7, 11) is 1.48. The van der Waals surface area contributed by atoms with Crippen LogP contribution < -0.4 is 5.48 Å². The molecule has 0 aromatic heterocycles. The molecule has 1 amide bonds. The van der Waals surface area contributed by atoms with E-state index in [9.17, 15) is 19.6 Å². The number of Topliss-reactive ketones (excluding diaryl/α,β-unsaturated/α-hetero) is 1. The van der Waals surface area contributed by atoms with E-state index in [1.807, 2.05) is 26.0 Å². The fourth-order valence-corrected chi connectivity index (χ4v) is 10.2. The van der Waals surface area contributed by atoms with E-state index < -0.39 is 16.2 Å². The zero-order valence-corrected chi connectivity index (χ0v) is 24.4. The normalized spacial score (nSPS) is 44.8. The van der Waals surface area contributed by atoms with Gasteiger partial charge in [0.1, 0.15) is 6.07 Å². The van der Waals surface area contributed by atoms with Crippen molar-refractivity contribution in [2.24, 2.45) is 50.2 Å². The summed E-state index contributed by atoms with van der Waals surface area (Å²) in [5, 5.41) is 9.88. The Bertz CT molecular complexity index is 1220. The van der Waals surface area contributed by atoms with Crippen molar-refractivity contribution in [2.75, 3.05) is 7.11 Å². The van der Waals surface area contributed by atoms with Crippen LogP contribution in [0.25, 0.3) is 0 Å². The first-order chi connectivity index (χ1) is 17.5. The molecule has 6 heteroatoms. The van der Waals surface area contributed by atoms with Crippen molar-refractivity contribution in [3.63, 3.8) is 0 Å². The molecular weight excluding hydrogens is 476 g/mol. The highest BCUT2D eigenvalue weighted by Gasteiger charge is 2.70. The molecule has 0 aromatic rings. The fraction of sp³-hybridized carbons (Fsp3) is 0.750. The SMILES string of the molecule is CONC(=O)C12CCC(C)(C)CC1C1C(=O)C=C3C4(C)C=C(C#N)C(=O)C(C)(C)C4CCC3(C)C1(C)CC2. The number of nitriles is 1. The van der Waals surface area contributed by atoms with E-state index in [4.69, 9.17) is 4.84 Å². The molecule has 0 saturated heterocycles. The van der Waals surface area contributed by atoms with Gasteiger partial charge in [0.2, 0.25) is 5.91 Å². The molecule has 0 spiro atoms. The molecule has 0 radical (unpaired) electrons. The van der Waals surface area contributed by atoms with Crippen LogP contribution in [-0.2, 0) is 19.2 Å². The monoisotopic (exact) mass is 520 g/mol. The van der Waals surface area contributed by atoms with Gasteiger partial charge in [0, 0.05) is 16.7 Å². The van der Waals surface area contributed by atoms with E-state index in [0.717, 1.165) is 50.5 Å². The molecule has 6 nitrogen and oxygen atoms in total. The molecule has 0 heterocycles. The fourth-order valence-electron chi connectivity index (χ4n) is 10.2. The van der Waals surface area contributed by atoms with Crippen molar-refractivity contribution in [3.8, 4) is 6.07 Å². The van der Waals surface area contributed by atoms with E-state index >= 15 is 0 Å². The number of hydrogen-bond acceptors (Lipinski definition) is 5. The van der Waals surface area contributed by atoms with Crippen LogP contribution in [0.4, 0.5) is 0 Å². The lowest BCUT2D eigenvalue weighted by molar-refractivity contribution is -0.183. The van der Waals surface area contributed by atoms with Crippen LogP contribution in [0.2, 0.25) is 0 Å². The molecule has 0 aliphatic heterocycles. The Balaban J connectivity index is 1.69. The first kappa shape index (κ1) is 27.3. The molecule has 38 heavy (non-hydrogen) atoms. The van der Waals surface area contributed by atoms with E-state index in [2.05, 4.69) is 46.2 Å². The lowest BCUT2D eigenvalue weighted by Crippen LogP contribution is -2.66. The minimum absolute atomic E-state index is 0.0238. The number of hydroxylamine groups is 1. The average molecular weight is 521 g/mol. The first-order valence-electron chi connectivity index (χ1n) is 14.3. The number of fused-ring (bicyclic) bond motifs is 7. The highest BCUT2D eigenvalue weighted by molar-refractivity contribution is 6.04. The molecule has 1 N–H and O–H groups in total. The van der Waals surface area contributed by atoms with Gasteiger partial charge >= 0.3 is 0 Å². The van der Waals surface area contributed by atoms with Crippen LogP contribution in [0.3, 0.4) is 0 Å². The second-order valence-corrected chi connectivity index (χ2v) is 15.0. The van der Waals surface area contributed by atoms with Gasteiger partial charge in [0.05, 0.1) is 18.1 Å². The van der Waals surface area contributed by atoms with Crippen LogP contribution in [0.15, 0.2) is 23.3 Å². The predicted octanol–water partition coefficient (Wildman–Crippen LogP) is 5.88. The molecule has 0 aromatic carbocycles. The van der Waals surface area contributed by atoms with Crippen LogP contribution in [0.5, 0.6) is 0 Å². The van der Waals surface area contributed by atoms with Crippen molar-refractivity contribution in [3.05, 3.63) is 23.3 Å². The number of nitrogens with one attached hydrogen (secondary N) is 1. The largest absolute Gasteiger partial charge is 0.295 e. The molecule has 0 bridgehead atoms. The maximum Gasteiger partial charge on any atom is 0.250 e. The summed E-state index contributed by atoms with van der Waals surface area (Å²) in [5.74, 6) is -0.363. The zero-order chi connectivity index (χ0) is 28.1. The van der Waals surface area contributed by atoms with E-state index in [-0.39, 0.29) is 57.0 Å². The number of hydrogen-bond donors (Lipinski definition) is 1. The van der Waals surface area contributed by atoms with Gasteiger partial charge in [-0.15, -0.1) is 0 Å². The maximum absolute atomic E-state index is 14.4. The smallest absolute Gasteiger partial charge is 0.250 e. The van der Waals surface area contributed by atoms with Crippen molar-refractivity contribution < 1.29 is 19.2 Å². The molecular formula is C32H44N2O4. The van der Waals surface area contributed by atoms with Crippen molar-refractivity contribution >= 4 is 17.5 Å². The summed E-state index contributed by atoms with van der Waals surface area (Å²) in [5.41, 5.74) is 1.55. The molecule has 7 atom stereocenters. The minimum atomic E-state index is -0.676. The topological polar surface area (TPSA) is 96.3 Å². The Hall–Kier alpha value is -2.26. The quantitative estimate of drug-likeness (QED) is 0.459. The number of nitrogens with zero attached hydrogens (tertiary/aromatic N) is 1. The van der Waals surface area contributed by atoms with Gasteiger partial charge in [-0.2, -0.15) is 5.26 Å². The van der Waals surface area contributed by atoms with Crippen molar-refractivity contribution in [1.82, 2.24) is 5.48 Å². The molecule has 5 rings (SSSR count). The third-order valence-corrected chi connectivity index (χ3v) is 12.5. The lowest BCUT2D eigenvalue weighted by Gasteiger charge is -2.69. The summed E-state index contributed by atoms with van der Waals surface area (Å²) >= 11 is 0. The third kappa shape index (κ3) is 3.23. The highest BCUT2D eigenvalue weighted by atomic mass is 16.6. The van der Waals surface area contributed by atoms with Gasteiger partial charge in [-0.1, -0.05) is 60.1 Å². The molecule has 3 saturated carbocycles. The summed E-state index contributed by atoms with van der Waals surface area (Å²) < 4.78 is 0. The Kier molecular flexibility index (Phi) is 5.84. The van der Waals surface area contributed by atoms with Crippen LogP contribution in [0.1, 0.15) is 93.4 Å². The number of carbonyl (C=O) groups excluding carboxylic acids is 3. The first-order valence-corrected chi connectivity index (χ1v) is 14.3. The highest BCUT2D eigenvalue weighted by Crippen LogP contribution is 2.74. The molecule has 7 unspecified atom stereocenters. The standard InChI is InChI=1S/C32H44N2O4/c1-27(2)11-13-32(26(37)34-38-8)14-12-31(7)24(20(32)17-27)21(35)15-23-29(5)16-19(18-33)25(36)28(3,4)22(29)9-10-30(23,31)6/h15-16,20,22,24H,9-14,17H2,1-8H3,(H,34,37). The van der Waals surface area contributed by atoms with E-state index in [1.54, 1.807) is 0 Å². The van der Waals surface area contributed by atoms with Crippen LogP contribution in [-0.4, -0.2) is 24.6 Å². The Morgan fingerprint density at radius 2 is 1.68 bits per heavy atom. The molecule has 5 aliphatic rings. The number of carbonyl (C=O) groups is 3. The van der Waals surface area contributed by atoms with E-state index in [1.165, 1.54) is 7.11 Å². The molecule has 5 aliphatic carbocycles. The van der Waals surface area contributed by atoms with Gasteiger partial charge in [-0.25, -0.2) is 5.48 Å². The number of ketones is 2.